The van der Waals surface area contributed by atoms with Crippen LogP contribution in [0.1, 0.15) is 11.8 Å². The van der Waals surface area contributed by atoms with E-state index in [4.69, 9.17) is 22.1 Å². The summed E-state index contributed by atoms with van der Waals surface area (Å²) in [5.41, 5.74) is 6.51. The number of imidazole rings is 1. The Morgan fingerprint density at radius 1 is 1.25 bits per heavy atom. The van der Waals surface area contributed by atoms with Gasteiger partial charge in [0.05, 0.1) is 6.33 Å². The second-order valence-electron chi connectivity index (χ2n) is 8.46. The third kappa shape index (κ3) is 5.41. The number of nitrogens with zero attached hydrogens (tertiary/aromatic N) is 5. The van der Waals surface area contributed by atoms with Gasteiger partial charge in [0.1, 0.15) is 18.3 Å². The molecule has 1 fully saturated rings. The monoisotopic (exact) mass is 543 g/mol. The predicted octanol–water partition coefficient (Wildman–Crippen LogP) is -0.409. The quantitative estimate of drug-likeness (QED) is 0.151. The highest BCUT2D eigenvalue weighted by Gasteiger charge is 2.46. The summed E-state index contributed by atoms with van der Waals surface area (Å²) in [4.78, 5) is 44.2. The summed E-state index contributed by atoms with van der Waals surface area (Å²) in [6.45, 7) is 0.104. The van der Waals surface area contributed by atoms with Gasteiger partial charge in [0.2, 0.25) is 5.95 Å². The number of aliphatic hydroxyl groups excluding tert-OH is 2. The summed E-state index contributed by atoms with van der Waals surface area (Å²) in [7, 11) is -2.90. The number of alkyl halides is 1. The highest BCUT2D eigenvalue weighted by atomic mass is 35.5. The number of aliphatic hydroxyl groups is 2. The van der Waals surface area contributed by atoms with Gasteiger partial charge in [-0.1, -0.05) is 12.1 Å². The van der Waals surface area contributed by atoms with Crippen molar-refractivity contribution in [1.29, 1.82) is 0 Å². The maximum absolute atomic E-state index is 12.3. The minimum Gasteiger partial charge on any atom is -0.387 e. The van der Waals surface area contributed by atoms with Crippen LogP contribution < -0.4 is 16.2 Å². The summed E-state index contributed by atoms with van der Waals surface area (Å²) in [5, 5.41) is 21.3. The molecule has 2 unspecified atom stereocenters. The van der Waals surface area contributed by atoms with Crippen LogP contribution in [0.15, 0.2) is 35.4 Å². The first-order valence-corrected chi connectivity index (χ1v) is 13.0. The molecule has 0 bridgehead atoms. The number of ether oxygens (including phenoxy) is 1. The molecule has 36 heavy (non-hydrogen) atoms. The van der Waals surface area contributed by atoms with Crippen molar-refractivity contribution in [3.05, 3.63) is 46.5 Å². The number of H-pyrrole nitrogens is 1. The highest BCUT2D eigenvalue weighted by molar-refractivity contribution is 7.49. The molecule has 0 radical (unpaired) electrons. The maximum Gasteiger partial charge on any atom is 0.403 e. The van der Waals surface area contributed by atoms with Gasteiger partial charge in [0.15, 0.2) is 17.4 Å². The zero-order valence-corrected chi connectivity index (χ0v) is 20.8. The molecule has 4 atom stereocenters. The fourth-order valence-corrected chi connectivity index (χ4v) is 5.01. The summed E-state index contributed by atoms with van der Waals surface area (Å²) in [6.07, 6.45) is -4.18. The molecular formula is C20H27ClN7O7P. The van der Waals surface area contributed by atoms with E-state index in [9.17, 15) is 29.4 Å². The van der Waals surface area contributed by atoms with E-state index in [0.29, 0.717) is 18.0 Å². The second-order valence-corrected chi connectivity index (χ2v) is 10.4. The van der Waals surface area contributed by atoms with E-state index in [1.54, 1.807) is 12.1 Å². The molecule has 0 aliphatic carbocycles. The zero-order chi connectivity index (χ0) is 26.2. The lowest BCUT2D eigenvalue weighted by atomic mass is 10.1. The van der Waals surface area contributed by atoms with Crippen molar-refractivity contribution in [2.75, 3.05) is 36.7 Å². The molecule has 0 amide bonds. The number of nitrogens with two attached hydrogens (primary N) is 1. The molecule has 0 saturated carbocycles. The predicted molar refractivity (Wildman–Crippen MR) is 131 cm³/mol. The molecule has 0 spiro atoms. The summed E-state index contributed by atoms with van der Waals surface area (Å²) in [5.74, 6) is 0.279. The average Bonchev–Trinajstić information content (AvgIpc) is 3.35. The number of nitrogens with one attached hydrogen (secondary N) is 1. The molecule has 2 aromatic heterocycles. The van der Waals surface area contributed by atoms with Gasteiger partial charge < -0.3 is 35.4 Å². The fourth-order valence-electron chi connectivity index (χ4n) is 4.03. The third-order valence-electron chi connectivity index (χ3n) is 5.98. The van der Waals surface area contributed by atoms with E-state index in [0.717, 1.165) is 10.4 Å². The zero-order valence-electron chi connectivity index (χ0n) is 19.2. The van der Waals surface area contributed by atoms with Gasteiger partial charge in [-0.05, 0) is 17.7 Å². The molecule has 16 heteroatoms. The Balaban J connectivity index is 1.53. The number of nitrogen functional groups attached to an aromatic ring is 1. The highest BCUT2D eigenvalue weighted by Crippen LogP contribution is 2.43. The van der Waals surface area contributed by atoms with E-state index in [1.165, 1.54) is 10.9 Å². The second kappa shape index (κ2) is 10.4. The first-order chi connectivity index (χ1) is 17.0. The van der Waals surface area contributed by atoms with Gasteiger partial charge in [-0.3, -0.25) is 14.3 Å². The van der Waals surface area contributed by atoms with Crippen LogP contribution in [-0.2, 0) is 15.8 Å². The lowest BCUT2D eigenvalue weighted by Gasteiger charge is -2.27. The van der Waals surface area contributed by atoms with Crippen LogP contribution >= 0.6 is 19.3 Å². The molecule has 1 saturated heterocycles. The molecule has 3 heterocycles. The van der Waals surface area contributed by atoms with Crippen molar-refractivity contribution >= 4 is 42.1 Å². The van der Waals surface area contributed by atoms with E-state index >= 15 is 0 Å². The average molecular weight is 544 g/mol. The Bertz CT molecular complexity index is 1310. The van der Waals surface area contributed by atoms with Gasteiger partial charge in [0.25, 0.3) is 5.56 Å². The Morgan fingerprint density at radius 3 is 2.58 bits per heavy atom. The lowest BCUT2D eigenvalue weighted by molar-refractivity contribution is -0.0403. The molecule has 4 rings (SSSR count). The number of anilines is 2. The molecule has 1 aliphatic heterocycles. The van der Waals surface area contributed by atoms with Crippen molar-refractivity contribution in [3.63, 3.8) is 0 Å². The number of aromatic amines is 1. The standard InChI is InChI=1S/C20H27ClN7O7P/c1-26(7-6-21)12-4-2-11(3-5-12)8-27(36(32,33)34)9-13-15(29)16(30)19(35-13)28-10-23-14-17(28)24-20(22)25-18(14)31/h2-5,10,13,15-16,19,29-30H,6-9H2,1H3,(H2,32,33,34)(H3,22,24,25,31)/t13-,15?,16?,19-/m1/s1. The minimum absolute atomic E-state index is 0.0271. The van der Waals surface area contributed by atoms with E-state index in [-0.39, 0.29) is 23.7 Å². The minimum atomic E-state index is -4.77. The van der Waals surface area contributed by atoms with Crippen LogP contribution in [-0.4, -0.2) is 88.5 Å². The van der Waals surface area contributed by atoms with Crippen molar-refractivity contribution in [3.8, 4) is 0 Å². The van der Waals surface area contributed by atoms with Gasteiger partial charge in [-0.25, -0.2) is 14.2 Å². The number of aromatic nitrogens is 4. The number of hydrogen-bond acceptors (Lipinski definition) is 9. The number of rotatable bonds is 9. The molecule has 14 nitrogen and oxygen atoms in total. The number of fused-ring (bicyclic) bond motifs is 1. The number of halogens is 1. The fraction of sp³-hybridized carbons (Fsp3) is 0.450. The van der Waals surface area contributed by atoms with Crippen LogP contribution in [0.3, 0.4) is 0 Å². The van der Waals surface area contributed by atoms with Gasteiger partial charge in [0, 0.05) is 38.2 Å². The molecule has 1 aromatic carbocycles. The SMILES string of the molecule is CN(CCCl)c1ccc(CN(C[C@H]2O[C@@H](n3cnc4c(=O)[nH]c(N)nc43)C(O)C2O)P(=O)(O)O)cc1. The Morgan fingerprint density at radius 2 is 1.94 bits per heavy atom. The van der Waals surface area contributed by atoms with Gasteiger partial charge in [-0.2, -0.15) is 4.98 Å². The largest absolute Gasteiger partial charge is 0.403 e. The first kappa shape index (κ1) is 26.5. The van der Waals surface area contributed by atoms with E-state index in [1.807, 2.05) is 24.1 Å². The van der Waals surface area contributed by atoms with Crippen molar-refractivity contribution in [2.24, 2.45) is 0 Å². The van der Waals surface area contributed by atoms with Crippen LogP contribution in [0.25, 0.3) is 11.2 Å². The Hall–Kier alpha value is -2.55. The normalized spacial score (nSPS) is 22.5. The van der Waals surface area contributed by atoms with Crippen LogP contribution in [0.5, 0.6) is 0 Å². The lowest BCUT2D eigenvalue weighted by Crippen LogP contribution is -2.38. The molecule has 1 aliphatic rings. The molecular weight excluding hydrogens is 517 g/mol. The molecule has 196 valence electrons. The van der Waals surface area contributed by atoms with Gasteiger partial charge in [-0.15, -0.1) is 11.6 Å². The Kier molecular flexibility index (Phi) is 7.69. The number of hydrogen-bond donors (Lipinski definition) is 6. The number of benzene rings is 1. The van der Waals surface area contributed by atoms with E-state index < -0.39 is 44.4 Å². The third-order valence-corrected chi connectivity index (χ3v) is 7.19. The molecule has 7 N–H and O–H groups in total. The van der Waals surface area contributed by atoms with Gasteiger partial charge >= 0.3 is 7.75 Å². The van der Waals surface area contributed by atoms with Crippen molar-refractivity contribution in [1.82, 2.24) is 24.2 Å². The topological polar surface area (TPSA) is 203 Å². The first-order valence-electron chi connectivity index (χ1n) is 10.9. The van der Waals surface area contributed by atoms with Crippen LogP contribution in [0, 0.1) is 0 Å². The smallest absolute Gasteiger partial charge is 0.387 e. The summed E-state index contributed by atoms with van der Waals surface area (Å²) in [6, 6.07) is 7.09. The van der Waals surface area contributed by atoms with Crippen molar-refractivity contribution < 1.29 is 29.3 Å². The molecule has 3 aromatic rings. The Labute approximate surface area is 210 Å². The van der Waals surface area contributed by atoms with Crippen molar-refractivity contribution in [2.45, 2.75) is 31.1 Å². The van der Waals surface area contributed by atoms with Crippen LogP contribution in [0.4, 0.5) is 11.6 Å². The van der Waals surface area contributed by atoms with Crippen LogP contribution in [0.2, 0.25) is 0 Å². The summed E-state index contributed by atoms with van der Waals surface area (Å²) >= 11 is 5.77. The van der Waals surface area contributed by atoms with E-state index in [2.05, 4.69) is 15.0 Å². The summed E-state index contributed by atoms with van der Waals surface area (Å²) < 4.78 is 20.1. The maximum atomic E-state index is 12.3.